The van der Waals surface area contributed by atoms with Gasteiger partial charge in [-0.1, -0.05) is 23.7 Å². The summed E-state index contributed by atoms with van der Waals surface area (Å²) in [5.74, 6) is 0.758. The number of oxime groups is 1. The highest BCUT2D eigenvalue weighted by molar-refractivity contribution is 6.25. The maximum Gasteiger partial charge on any atom is 0.168 e. The molecule has 1 saturated heterocycles. The molecule has 1 heterocycles. The van der Waals surface area contributed by atoms with Crippen molar-refractivity contribution < 1.29 is 19.5 Å². The van der Waals surface area contributed by atoms with Gasteiger partial charge in [0.25, 0.3) is 0 Å². The maximum absolute atomic E-state index is 12.5. The van der Waals surface area contributed by atoms with Gasteiger partial charge in [0.05, 0.1) is 11.3 Å². The second-order valence-corrected chi connectivity index (χ2v) is 6.16. The number of allylic oxidation sites excluding steroid dienone is 2. The zero-order valence-corrected chi connectivity index (χ0v) is 14.2. The molecule has 0 saturated carbocycles. The number of halogens is 1. The molecule has 2 aliphatic rings. The van der Waals surface area contributed by atoms with Gasteiger partial charge in [0.2, 0.25) is 0 Å². The number of Topliss-reactive ketones (excluding diaryl/α,β-unsaturated/α-hetero) is 1. The third-order valence-corrected chi connectivity index (χ3v) is 4.64. The van der Waals surface area contributed by atoms with Crippen molar-refractivity contribution in [2.75, 3.05) is 19.8 Å². The molecule has 0 spiro atoms. The number of aliphatic hydroxyl groups is 1. The van der Waals surface area contributed by atoms with Crippen molar-refractivity contribution in [2.45, 2.75) is 39.0 Å². The lowest BCUT2D eigenvalue weighted by molar-refractivity contribution is -0.117. The fourth-order valence-corrected chi connectivity index (χ4v) is 3.33. The van der Waals surface area contributed by atoms with Gasteiger partial charge in [-0.25, -0.2) is 0 Å². The molecule has 0 amide bonds. The van der Waals surface area contributed by atoms with Gasteiger partial charge in [0.15, 0.2) is 5.78 Å². The lowest BCUT2D eigenvalue weighted by Gasteiger charge is -2.32. The quantitative estimate of drug-likeness (QED) is 0.454. The molecule has 0 aromatic carbocycles. The highest BCUT2D eigenvalue weighted by Crippen LogP contribution is 2.36. The molecule has 2 rings (SSSR count). The van der Waals surface area contributed by atoms with Gasteiger partial charge in [-0.2, -0.15) is 0 Å². The first-order valence-electron chi connectivity index (χ1n) is 8.14. The van der Waals surface area contributed by atoms with E-state index >= 15 is 0 Å². The molecule has 1 fully saturated rings. The molecule has 128 valence electrons. The van der Waals surface area contributed by atoms with Crippen LogP contribution >= 0.6 is 11.6 Å². The monoisotopic (exact) mass is 341 g/mol. The van der Waals surface area contributed by atoms with Crippen molar-refractivity contribution >= 4 is 23.1 Å². The number of hydrogen-bond acceptors (Lipinski definition) is 5. The van der Waals surface area contributed by atoms with Crippen LogP contribution < -0.4 is 0 Å². The van der Waals surface area contributed by atoms with Gasteiger partial charge in [0, 0.05) is 31.6 Å². The predicted octanol–water partition coefficient (Wildman–Crippen LogP) is 3.74. The Labute approximate surface area is 142 Å². The Morgan fingerprint density at radius 1 is 1.39 bits per heavy atom. The molecule has 1 aliphatic heterocycles. The minimum absolute atomic E-state index is 0.0395. The Bertz CT molecular complexity index is 507. The van der Waals surface area contributed by atoms with Gasteiger partial charge in [0.1, 0.15) is 12.4 Å². The topological polar surface area (TPSA) is 68.1 Å². The van der Waals surface area contributed by atoms with Gasteiger partial charge in [-0.15, -0.1) is 0 Å². The number of carbonyl (C=O) groups excluding carboxylic acids is 1. The minimum atomic E-state index is -0.0395. The normalized spacial score (nSPS) is 24.5. The van der Waals surface area contributed by atoms with Crippen LogP contribution in [0.5, 0.6) is 0 Å². The van der Waals surface area contributed by atoms with Crippen molar-refractivity contribution in [2.24, 2.45) is 17.0 Å². The van der Waals surface area contributed by atoms with E-state index in [1.807, 2.05) is 6.92 Å². The van der Waals surface area contributed by atoms with Gasteiger partial charge in [-0.3, -0.25) is 4.79 Å². The summed E-state index contributed by atoms with van der Waals surface area (Å²) in [5.41, 5.74) is 2.19. The van der Waals surface area contributed by atoms with Crippen LogP contribution in [0.4, 0.5) is 0 Å². The van der Waals surface area contributed by atoms with Gasteiger partial charge < -0.3 is 14.7 Å². The first kappa shape index (κ1) is 18.0. The Kier molecular flexibility index (Phi) is 7.12. The van der Waals surface area contributed by atoms with E-state index in [4.69, 9.17) is 21.2 Å². The average molecular weight is 342 g/mol. The summed E-state index contributed by atoms with van der Waals surface area (Å²) in [6.07, 6.45) is 5.05. The number of aliphatic hydroxyl groups excluding tert-OH is 1. The molecule has 1 N–H and O–H groups in total. The highest BCUT2D eigenvalue weighted by Gasteiger charge is 2.34. The summed E-state index contributed by atoms with van der Waals surface area (Å²) in [4.78, 5) is 17.6. The van der Waals surface area contributed by atoms with Crippen LogP contribution in [0.2, 0.25) is 0 Å². The largest absolute Gasteiger partial charge is 0.511 e. The Hall–Kier alpha value is -1.33. The zero-order chi connectivity index (χ0) is 16.7. The first-order chi connectivity index (χ1) is 11.2. The summed E-state index contributed by atoms with van der Waals surface area (Å²) < 4.78 is 5.38. The number of rotatable bonds is 6. The fourth-order valence-electron chi connectivity index (χ4n) is 3.25. The zero-order valence-electron chi connectivity index (χ0n) is 13.5. The molecule has 6 heteroatoms. The Morgan fingerprint density at radius 2 is 2.13 bits per heavy atom. The van der Waals surface area contributed by atoms with Crippen molar-refractivity contribution in [3.63, 3.8) is 0 Å². The summed E-state index contributed by atoms with van der Waals surface area (Å²) in [6.45, 7) is 3.62. The third-order valence-electron chi connectivity index (χ3n) is 4.46. The van der Waals surface area contributed by atoms with E-state index in [-0.39, 0.29) is 24.1 Å². The van der Waals surface area contributed by atoms with E-state index in [1.165, 1.54) is 5.54 Å². The van der Waals surface area contributed by atoms with E-state index < -0.39 is 0 Å². The standard InChI is InChI=1S/C17H24ClNO4/c1-2-14(19-23-7-3-6-18)17-15(20)10-13(11-16(17)21)12-4-8-22-9-5-12/h3,6,12-13,20H,2,4-5,7-11H2,1H3/b6-3+,19-14+/t13-/m0/s1. The number of ether oxygens (including phenoxy) is 1. The molecule has 23 heavy (non-hydrogen) atoms. The predicted molar refractivity (Wildman–Crippen MR) is 89.6 cm³/mol. The second kappa shape index (κ2) is 9.08. The fraction of sp³-hybridized carbons (Fsp3) is 0.647. The number of ketones is 1. The van der Waals surface area contributed by atoms with Crippen molar-refractivity contribution in [3.05, 3.63) is 22.9 Å². The van der Waals surface area contributed by atoms with Crippen LogP contribution in [0.1, 0.15) is 39.0 Å². The highest BCUT2D eigenvalue weighted by atomic mass is 35.5. The summed E-state index contributed by atoms with van der Waals surface area (Å²) >= 11 is 5.41. The SMILES string of the molecule is CC/C(=N\OC/C=C/Cl)C1=C(O)C[C@H](C2CCOCC2)CC1=O. The van der Waals surface area contributed by atoms with E-state index in [9.17, 15) is 9.90 Å². The number of hydrogen-bond donors (Lipinski definition) is 1. The summed E-state index contributed by atoms with van der Waals surface area (Å²) in [6, 6.07) is 0. The van der Waals surface area contributed by atoms with Crippen LogP contribution in [0.3, 0.4) is 0 Å². The maximum atomic E-state index is 12.5. The molecule has 0 aromatic rings. The van der Waals surface area contributed by atoms with Crippen LogP contribution in [-0.4, -0.2) is 36.4 Å². The molecule has 0 radical (unpaired) electrons. The lowest BCUT2D eigenvalue weighted by Crippen LogP contribution is -2.31. The molecule has 5 nitrogen and oxygen atoms in total. The summed E-state index contributed by atoms with van der Waals surface area (Å²) in [5, 5.41) is 14.4. The van der Waals surface area contributed by atoms with Crippen LogP contribution in [0.25, 0.3) is 0 Å². The molecular weight excluding hydrogens is 318 g/mol. The molecule has 1 atom stereocenters. The van der Waals surface area contributed by atoms with Crippen molar-refractivity contribution in [1.29, 1.82) is 0 Å². The van der Waals surface area contributed by atoms with E-state index in [0.717, 1.165) is 26.1 Å². The molecule has 0 unspecified atom stereocenters. The Morgan fingerprint density at radius 3 is 2.74 bits per heavy atom. The Balaban J connectivity index is 2.09. The van der Waals surface area contributed by atoms with Crippen LogP contribution in [-0.2, 0) is 14.4 Å². The molecule has 1 aliphatic carbocycles. The smallest absolute Gasteiger partial charge is 0.168 e. The summed E-state index contributed by atoms with van der Waals surface area (Å²) in [7, 11) is 0. The lowest BCUT2D eigenvalue weighted by atomic mass is 9.75. The average Bonchev–Trinajstić information content (AvgIpc) is 2.57. The second-order valence-electron chi connectivity index (χ2n) is 5.91. The van der Waals surface area contributed by atoms with Crippen LogP contribution in [0.15, 0.2) is 28.1 Å². The number of carbonyl (C=O) groups is 1. The first-order valence-corrected chi connectivity index (χ1v) is 8.58. The molecular formula is C17H24ClNO4. The van der Waals surface area contributed by atoms with Gasteiger partial charge in [-0.05, 0) is 37.2 Å². The van der Waals surface area contributed by atoms with E-state index in [0.29, 0.717) is 36.5 Å². The number of nitrogens with zero attached hydrogens (tertiary/aromatic N) is 1. The third kappa shape index (κ3) is 4.82. The van der Waals surface area contributed by atoms with Crippen molar-refractivity contribution in [3.8, 4) is 0 Å². The minimum Gasteiger partial charge on any atom is -0.511 e. The van der Waals surface area contributed by atoms with E-state index in [1.54, 1.807) is 6.08 Å². The van der Waals surface area contributed by atoms with E-state index in [2.05, 4.69) is 5.16 Å². The molecule has 0 bridgehead atoms. The van der Waals surface area contributed by atoms with Crippen molar-refractivity contribution in [1.82, 2.24) is 0 Å². The molecule has 0 aromatic heterocycles. The van der Waals surface area contributed by atoms with Gasteiger partial charge >= 0.3 is 0 Å². The van der Waals surface area contributed by atoms with Crippen LogP contribution in [0, 0.1) is 11.8 Å².